The van der Waals surface area contributed by atoms with E-state index in [1.165, 1.54) is 18.9 Å². The van der Waals surface area contributed by atoms with Crippen LogP contribution in [0, 0.1) is 5.92 Å². The maximum Gasteiger partial charge on any atom is 0.737 e. The first-order valence-corrected chi connectivity index (χ1v) is 20.5. The Morgan fingerprint density at radius 1 is 1.12 bits per heavy atom. The lowest BCUT2D eigenvalue weighted by Crippen LogP contribution is -2.51. The van der Waals surface area contributed by atoms with Gasteiger partial charge in [-0.2, -0.15) is 8.42 Å². The largest absolute Gasteiger partial charge is 0.737 e. The molecule has 3 aliphatic heterocycles. The second-order valence-corrected chi connectivity index (χ2v) is 17.5. The Kier molecular flexibility index (Phi) is 13.2. The zero-order valence-electron chi connectivity index (χ0n) is 33.4. The van der Waals surface area contributed by atoms with Crippen LogP contribution in [-0.2, 0) is 50.1 Å². The number of imide groups is 1. The highest BCUT2D eigenvalue weighted by molar-refractivity contribution is 7.85. The Balaban J connectivity index is 1.25. The van der Waals surface area contributed by atoms with E-state index in [9.17, 15) is 36.9 Å². The van der Waals surface area contributed by atoms with Crippen molar-refractivity contribution in [2.24, 2.45) is 5.92 Å². The van der Waals surface area contributed by atoms with Crippen LogP contribution in [0.1, 0.15) is 50.8 Å². The molecule has 2 N–H and O–H groups in total. The third-order valence-electron chi connectivity index (χ3n) is 10.00. The smallest absolute Gasteiger partial charge is 0.463 e. The number of hydrogen-bond acceptors (Lipinski definition) is 10. The molecule has 1 aromatic heterocycles. The summed E-state index contributed by atoms with van der Waals surface area (Å²) in [5.41, 5.74) is 3.23. The standard InChI is InChI=1S/C38H49BF2N6O10S/c1-25-19-29(44-31(25)22-33-28(13-10-17-47(4,5)6)21-32(45(33)39(44,40)41)27-11-8-7-9-12-27)14-15-34(48)42-30(24-58(53,54)55)38(52)56-18-16-43(3)23-36(50)57-46-35(49)20-26(2)37(46)51/h7-9,11-12,19,21-22,26,30H,10,13-18,20,23-24H2,1-6H3,(H-,42,48,53,54,55)/p+1. The number of allylic oxidation sites excluding steroid dienone is 2. The molecule has 16 nitrogen and oxygen atoms in total. The molecule has 58 heavy (non-hydrogen) atoms. The van der Waals surface area contributed by atoms with Gasteiger partial charge in [0, 0.05) is 67.3 Å². The van der Waals surface area contributed by atoms with Gasteiger partial charge >= 0.3 is 18.9 Å². The number of carbonyl (C=O) groups is 5. The van der Waals surface area contributed by atoms with Gasteiger partial charge in [0.25, 0.3) is 21.9 Å². The monoisotopic (exact) mass is 831 g/mol. The summed E-state index contributed by atoms with van der Waals surface area (Å²) < 4.78 is 75.0. The molecule has 0 radical (unpaired) electrons. The molecule has 20 heteroatoms. The van der Waals surface area contributed by atoms with Gasteiger partial charge in [0.05, 0.1) is 34.2 Å². The SMILES string of the molecule is CC1=CC(CCC(=O)NC(CS(=O)(=O)O)C(=O)OCCN(C)CC(=O)ON2C(=O)CC(C)C2=O)=[N+]2C1=Cc1c(CCC[N+](C)(C)C)cc(-c3ccccc3)n1[B-]2(F)F. The van der Waals surface area contributed by atoms with Crippen molar-refractivity contribution in [3.05, 3.63) is 65.0 Å². The van der Waals surface area contributed by atoms with Gasteiger partial charge in [0.15, 0.2) is 5.70 Å². The number of esters is 1. The van der Waals surface area contributed by atoms with E-state index >= 15 is 8.63 Å². The van der Waals surface area contributed by atoms with E-state index in [4.69, 9.17) is 9.57 Å². The van der Waals surface area contributed by atoms with Gasteiger partial charge in [0.1, 0.15) is 24.1 Å². The van der Waals surface area contributed by atoms with E-state index in [2.05, 4.69) is 26.5 Å². The van der Waals surface area contributed by atoms with E-state index in [1.54, 1.807) is 43.3 Å². The Morgan fingerprint density at radius 3 is 2.43 bits per heavy atom. The highest BCUT2D eigenvalue weighted by Crippen LogP contribution is 2.40. The molecular weight excluding hydrogens is 781 g/mol. The number of likely N-dealkylation sites (N-methyl/N-ethyl adjacent to an activating group) is 1. The third-order valence-corrected chi connectivity index (χ3v) is 10.8. The zero-order chi connectivity index (χ0) is 42.7. The Morgan fingerprint density at radius 2 is 1.81 bits per heavy atom. The number of nitrogens with zero attached hydrogens (tertiary/aromatic N) is 5. The molecular formula is C38H50BF2N6O10S+. The first-order chi connectivity index (χ1) is 27.1. The minimum atomic E-state index is -4.81. The summed E-state index contributed by atoms with van der Waals surface area (Å²) in [5, 5.41) is 2.65. The lowest BCUT2D eigenvalue weighted by atomic mass is 9.88. The number of hydrogen-bond donors (Lipinski definition) is 2. The van der Waals surface area contributed by atoms with E-state index in [0.717, 1.165) is 32.0 Å². The molecule has 5 rings (SSSR count). The maximum absolute atomic E-state index is 17.0. The Bertz CT molecular complexity index is 2180. The second-order valence-electron chi connectivity index (χ2n) is 16.0. The second kappa shape index (κ2) is 17.4. The first kappa shape index (κ1) is 44.1. The normalized spacial score (nSPS) is 18.2. The van der Waals surface area contributed by atoms with Crippen molar-refractivity contribution in [2.75, 3.05) is 60.2 Å². The van der Waals surface area contributed by atoms with Crippen LogP contribution < -0.4 is 5.32 Å². The fourth-order valence-electron chi connectivity index (χ4n) is 7.16. The summed E-state index contributed by atoms with van der Waals surface area (Å²) in [6.07, 6.45) is 4.00. The minimum absolute atomic E-state index is 0.0909. The molecule has 0 spiro atoms. The number of ether oxygens (including phenoxy) is 1. The molecule has 1 aromatic carbocycles. The number of rotatable bonds is 18. The summed E-state index contributed by atoms with van der Waals surface area (Å²) in [6.45, 7) is -1.29. The van der Waals surface area contributed by atoms with E-state index in [0.29, 0.717) is 39.7 Å². The molecule has 4 heterocycles. The topological polar surface area (TPSA) is 185 Å². The highest BCUT2D eigenvalue weighted by atomic mass is 32.2. The Hall–Kier alpha value is -5.05. The number of fused-ring (bicyclic) bond motifs is 2. The van der Waals surface area contributed by atoms with E-state index < -0.39 is 84.0 Å². The van der Waals surface area contributed by atoms with Crippen LogP contribution in [0.4, 0.5) is 8.63 Å². The van der Waals surface area contributed by atoms with Crippen molar-refractivity contribution in [2.45, 2.75) is 52.0 Å². The van der Waals surface area contributed by atoms with Crippen molar-refractivity contribution in [3.63, 3.8) is 0 Å². The molecule has 2 aromatic rings. The number of hydroxylamine groups is 2. The number of aromatic nitrogens is 1. The van der Waals surface area contributed by atoms with Gasteiger partial charge in [-0.25, -0.2) is 9.59 Å². The number of carbonyl (C=O) groups excluding carboxylic acids is 5. The third kappa shape index (κ3) is 10.5. The van der Waals surface area contributed by atoms with Crippen molar-refractivity contribution < 1.29 is 64.1 Å². The first-order valence-electron chi connectivity index (χ1n) is 18.9. The molecule has 1 fully saturated rings. The number of quaternary nitrogens is 1. The van der Waals surface area contributed by atoms with Crippen LogP contribution >= 0.6 is 0 Å². The predicted molar refractivity (Wildman–Crippen MR) is 209 cm³/mol. The molecule has 1 saturated heterocycles. The average molecular weight is 832 g/mol. The van der Waals surface area contributed by atoms with Crippen LogP contribution in [0.2, 0.25) is 0 Å². The van der Waals surface area contributed by atoms with Crippen molar-refractivity contribution in [1.29, 1.82) is 0 Å². The minimum Gasteiger partial charge on any atom is -0.463 e. The summed E-state index contributed by atoms with van der Waals surface area (Å²) in [7, 11) is 2.86. The Labute approximate surface area is 336 Å². The number of benzene rings is 1. The number of amides is 3. The van der Waals surface area contributed by atoms with Crippen LogP contribution in [0.25, 0.3) is 17.3 Å². The molecule has 3 amide bonds. The summed E-state index contributed by atoms with van der Waals surface area (Å²) in [4.78, 5) is 68.4. The molecule has 0 saturated carbocycles. The fraction of sp³-hybridized carbons (Fsp3) is 0.474. The number of halogens is 2. The predicted octanol–water partition coefficient (Wildman–Crippen LogP) is 2.27. The summed E-state index contributed by atoms with van der Waals surface area (Å²) in [5.74, 6) is -6.15. The molecule has 0 bridgehead atoms. The van der Waals surface area contributed by atoms with Gasteiger partial charge in [-0.05, 0) is 37.6 Å². The number of aryl methyl sites for hydroxylation is 1. The van der Waals surface area contributed by atoms with Gasteiger partial charge in [-0.15, -0.1) is 5.06 Å². The molecule has 2 unspecified atom stereocenters. The van der Waals surface area contributed by atoms with Gasteiger partial charge in [-0.3, -0.25) is 23.8 Å². The molecule has 314 valence electrons. The average Bonchev–Trinajstić information content (AvgIpc) is 3.73. The summed E-state index contributed by atoms with van der Waals surface area (Å²) in [6, 6.07) is 8.91. The lowest BCUT2D eigenvalue weighted by Gasteiger charge is -2.31. The van der Waals surface area contributed by atoms with Crippen LogP contribution in [-0.4, -0.2) is 145 Å². The van der Waals surface area contributed by atoms with E-state index in [1.807, 2.05) is 12.1 Å². The van der Waals surface area contributed by atoms with Crippen molar-refractivity contribution >= 4 is 58.5 Å². The van der Waals surface area contributed by atoms with Crippen LogP contribution in [0.3, 0.4) is 0 Å². The van der Waals surface area contributed by atoms with Crippen LogP contribution in [0.5, 0.6) is 0 Å². The zero-order valence-corrected chi connectivity index (χ0v) is 34.3. The van der Waals surface area contributed by atoms with Crippen molar-refractivity contribution in [3.8, 4) is 11.3 Å². The van der Waals surface area contributed by atoms with Gasteiger partial charge in [0.2, 0.25) is 5.91 Å². The lowest BCUT2D eigenvalue weighted by molar-refractivity contribution is -0.870. The maximum atomic E-state index is 17.0. The molecule has 0 aliphatic carbocycles. The van der Waals surface area contributed by atoms with E-state index in [-0.39, 0.29) is 25.1 Å². The van der Waals surface area contributed by atoms with Gasteiger partial charge < -0.3 is 37.0 Å². The highest BCUT2D eigenvalue weighted by Gasteiger charge is 2.54. The molecule has 3 aliphatic rings. The van der Waals surface area contributed by atoms with Gasteiger partial charge in [-0.1, -0.05) is 37.3 Å². The van der Waals surface area contributed by atoms with Crippen molar-refractivity contribution in [1.82, 2.24) is 19.8 Å². The molecule has 2 atom stereocenters. The summed E-state index contributed by atoms with van der Waals surface area (Å²) >= 11 is 0. The quantitative estimate of drug-likeness (QED) is 0.0739. The number of nitrogens with one attached hydrogen (secondary N) is 1. The van der Waals surface area contributed by atoms with Crippen LogP contribution in [0.15, 0.2) is 53.7 Å². The fourth-order valence-corrected chi connectivity index (χ4v) is 7.80.